The zero-order chi connectivity index (χ0) is 9.52. The summed E-state index contributed by atoms with van der Waals surface area (Å²) in [5.41, 5.74) is 2.70. The summed E-state index contributed by atoms with van der Waals surface area (Å²) in [6, 6.07) is 0. The van der Waals surface area contributed by atoms with E-state index in [9.17, 15) is 0 Å². The molecule has 1 rings (SSSR count). The second-order valence-corrected chi connectivity index (χ2v) is 3.09. The van der Waals surface area contributed by atoms with Crippen LogP contribution in [0.4, 0.5) is 0 Å². The lowest BCUT2D eigenvalue weighted by Crippen LogP contribution is -2.51. The normalized spacial score (nSPS) is 18.5. The molecule has 0 aliphatic carbocycles. The Kier molecular flexibility index (Phi) is 4.55. The van der Waals surface area contributed by atoms with Gasteiger partial charge >= 0.3 is 0 Å². The van der Waals surface area contributed by atoms with Gasteiger partial charge < -0.3 is 4.74 Å². The van der Waals surface area contributed by atoms with Gasteiger partial charge in [-0.25, -0.2) is 0 Å². The summed E-state index contributed by atoms with van der Waals surface area (Å²) in [5.74, 6) is 0. The number of nitrogens with zero attached hydrogens (tertiary/aromatic N) is 1. The SMILES string of the molecule is C=C=C/C=C/CN1CC(OCC)C1. The number of allylic oxidation sites excluding steroid dienone is 2. The zero-order valence-electron chi connectivity index (χ0n) is 8.20. The van der Waals surface area contributed by atoms with Crippen LogP contribution in [0.2, 0.25) is 0 Å². The zero-order valence-corrected chi connectivity index (χ0v) is 8.20. The fourth-order valence-electron chi connectivity index (χ4n) is 1.36. The highest BCUT2D eigenvalue weighted by Crippen LogP contribution is 2.10. The van der Waals surface area contributed by atoms with Crippen molar-refractivity contribution in [2.75, 3.05) is 26.2 Å². The average molecular weight is 179 g/mol. The van der Waals surface area contributed by atoms with E-state index in [0.717, 1.165) is 26.2 Å². The van der Waals surface area contributed by atoms with Crippen LogP contribution in [-0.2, 0) is 4.74 Å². The summed E-state index contributed by atoms with van der Waals surface area (Å²) < 4.78 is 5.44. The first-order valence-corrected chi connectivity index (χ1v) is 4.71. The molecule has 0 atom stereocenters. The minimum Gasteiger partial charge on any atom is -0.376 e. The van der Waals surface area contributed by atoms with Gasteiger partial charge in [0.1, 0.15) is 0 Å². The summed E-state index contributed by atoms with van der Waals surface area (Å²) >= 11 is 0. The Morgan fingerprint density at radius 3 is 3.00 bits per heavy atom. The van der Waals surface area contributed by atoms with Crippen LogP contribution in [0.15, 0.2) is 30.5 Å². The molecule has 1 saturated heterocycles. The summed E-state index contributed by atoms with van der Waals surface area (Å²) in [5, 5.41) is 0. The topological polar surface area (TPSA) is 12.5 Å². The number of rotatable bonds is 5. The third-order valence-electron chi connectivity index (χ3n) is 2.04. The van der Waals surface area contributed by atoms with Gasteiger partial charge in [-0.1, -0.05) is 18.7 Å². The molecular formula is C11H17NO. The lowest BCUT2D eigenvalue weighted by atomic mass is 10.1. The number of hydrogen-bond donors (Lipinski definition) is 0. The molecular weight excluding hydrogens is 162 g/mol. The van der Waals surface area contributed by atoms with E-state index in [0.29, 0.717) is 6.10 Å². The molecule has 0 bridgehead atoms. The van der Waals surface area contributed by atoms with Crippen LogP contribution >= 0.6 is 0 Å². The largest absolute Gasteiger partial charge is 0.376 e. The van der Waals surface area contributed by atoms with E-state index in [2.05, 4.69) is 23.3 Å². The van der Waals surface area contributed by atoms with Gasteiger partial charge in [-0.05, 0) is 13.0 Å². The molecule has 1 heterocycles. The molecule has 2 heteroatoms. The Balaban J connectivity index is 2.04. The van der Waals surface area contributed by atoms with E-state index in [4.69, 9.17) is 4.74 Å². The van der Waals surface area contributed by atoms with E-state index in [1.807, 2.05) is 19.1 Å². The molecule has 0 amide bonds. The van der Waals surface area contributed by atoms with Crippen LogP contribution in [0.25, 0.3) is 0 Å². The Morgan fingerprint density at radius 2 is 2.38 bits per heavy atom. The van der Waals surface area contributed by atoms with Gasteiger partial charge in [0.25, 0.3) is 0 Å². The third kappa shape index (κ3) is 3.60. The molecule has 2 nitrogen and oxygen atoms in total. The van der Waals surface area contributed by atoms with Gasteiger partial charge in [0.2, 0.25) is 0 Å². The predicted octanol–water partition coefficient (Wildman–Crippen LogP) is 1.60. The van der Waals surface area contributed by atoms with Crippen molar-refractivity contribution in [3.8, 4) is 0 Å². The monoisotopic (exact) mass is 179 g/mol. The minimum atomic E-state index is 0.466. The first kappa shape index (κ1) is 10.3. The van der Waals surface area contributed by atoms with E-state index < -0.39 is 0 Å². The molecule has 0 aromatic rings. The van der Waals surface area contributed by atoms with E-state index >= 15 is 0 Å². The molecule has 0 saturated carbocycles. The molecule has 0 unspecified atom stereocenters. The van der Waals surface area contributed by atoms with Gasteiger partial charge in [0.15, 0.2) is 0 Å². The van der Waals surface area contributed by atoms with Crippen molar-refractivity contribution in [2.24, 2.45) is 0 Å². The maximum atomic E-state index is 5.44. The maximum Gasteiger partial charge on any atom is 0.0828 e. The molecule has 1 fully saturated rings. The summed E-state index contributed by atoms with van der Waals surface area (Å²) in [4.78, 5) is 2.34. The van der Waals surface area contributed by atoms with Gasteiger partial charge in [0.05, 0.1) is 6.10 Å². The van der Waals surface area contributed by atoms with Crippen molar-refractivity contribution in [3.63, 3.8) is 0 Å². The summed E-state index contributed by atoms with van der Waals surface area (Å²) in [7, 11) is 0. The van der Waals surface area contributed by atoms with Crippen molar-refractivity contribution < 1.29 is 4.74 Å². The van der Waals surface area contributed by atoms with Gasteiger partial charge in [-0.15, -0.1) is 5.73 Å². The van der Waals surface area contributed by atoms with Crippen LogP contribution in [-0.4, -0.2) is 37.2 Å². The van der Waals surface area contributed by atoms with E-state index in [-0.39, 0.29) is 0 Å². The second kappa shape index (κ2) is 5.76. The van der Waals surface area contributed by atoms with Crippen LogP contribution in [0.3, 0.4) is 0 Å². The Bertz CT molecular complexity index is 210. The van der Waals surface area contributed by atoms with Crippen LogP contribution in [0.1, 0.15) is 6.92 Å². The third-order valence-corrected chi connectivity index (χ3v) is 2.04. The molecule has 0 radical (unpaired) electrons. The van der Waals surface area contributed by atoms with E-state index in [1.165, 1.54) is 0 Å². The molecule has 0 spiro atoms. The van der Waals surface area contributed by atoms with Crippen molar-refractivity contribution in [3.05, 3.63) is 30.5 Å². The lowest BCUT2D eigenvalue weighted by Gasteiger charge is -2.37. The lowest BCUT2D eigenvalue weighted by molar-refractivity contribution is -0.0443. The van der Waals surface area contributed by atoms with Gasteiger partial charge in [-0.3, -0.25) is 4.90 Å². The standard InChI is InChI=1S/C11H17NO/c1-3-5-6-7-8-12-9-11(10-12)13-4-2/h5-7,11H,1,4,8-10H2,2H3/b7-6+. The van der Waals surface area contributed by atoms with Crippen molar-refractivity contribution in [1.82, 2.24) is 4.90 Å². The number of hydrogen-bond acceptors (Lipinski definition) is 2. The fraction of sp³-hybridized carbons (Fsp3) is 0.545. The van der Waals surface area contributed by atoms with E-state index in [1.54, 1.807) is 0 Å². The molecule has 72 valence electrons. The maximum absolute atomic E-state index is 5.44. The average Bonchev–Trinajstić information content (AvgIpc) is 2.07. The highest BCUT2D eigenvalue weighted by Gasteiger charge is 2.25. The smallest absolute Gasteiger partial charge is 0.0828 e. The van der Waals surface area contributed by atoms with Crippen LogP contribution < -0.4 is 0 Å². The predicted molar refractivity (Wildman–Crippen MR) is 54.7 cm³/mol. The minimum absolute atomic E-state index is 0.466. The molecule has 13 heavy (non-hydrogen) atoms. The molecule has 0 aromatic carbocycles. The summed E-state index contributed by atoms with van der Waals surface area (Å²) in [6.07, 6.45) is 6.37. The number of likely N-dealkylation sites (tertiary alicyclic amines) is 1. The van der Waals surface area contributed by atoms with Crippen molar-refractivity contribution in [2.45, 2.75) is 13.0 Å². The van der Waals surface area contributed by atoms with Crippen molar-refractivity contribution in [1.29, 1.82) is 0 Å². The number of ether oxygens (including phenoxy) is 1. The van der Waals surface area contributed by atoms with Gasteiger partial charge in [0, 0.05) is 26.2 Å². The van der Waals surface area contributed by atoms with Crippen molar-refractivity contribution >= 4 is 0 Å². The fourth-order valence-corrected chi connectivity index (χ4v) is 1.36. The highest BCUT2D eigenvalue weighted by atomic mass is 16.5. The molecule has 0 N–H and O–H groups in total. The quantitative estimate of drug-likeness (QED) is 0.469. The van der Waals surface area contributed by atoms with Gasteiger partial charge in [-0.2, -0.15) is 0 Å². The van der Waals surface area contributed by atoms with Crippen LogP contribution in [0, 0.1) is 0 Å². The Morgan fingerprint density at radius 1 is 1.62 bits per heavy atom. The first-order valence-electron chi connectivity index (χ1n) is 4.71. The summed E-state index contributed by atoms with van der Waals surface area (Å²) in [6.45, 7) is 9.48. The molecule has 1 aliphatic rings. The highest BCUT2D eigenvalue weighted by molar-refractivity contribution is 5.02. The Labute approximate surface area is 80.2 Å². The molecule has 1 aliphatic heterocycles. The first-order chi connectivity index (χ1) is 6.36. The van der Waals surface area contributed by atoms with Crippen LogP contribution in [0.5, 0.6) is 0 Å². The second-order valence-electron chi connectivity index (χ2n) is 3.09. The Hall–Kier alpha value is -0.820. The molecule has 0 aromatic heterocycles.